The van der Waals surface area contributed by atoms with Crippen LogP contribution in [0.25, 0.3) is 0 Å². The summed E-state index contributed by atoms with van der Waals surface area (Å²) in [5, 5.41) is 0. The van der Waals surface area contributed by atoms with E-state index in [2.05, 4.69) is 0 Å². The fraction of sp³-hybridized carbons (Fsp3) is 0.500. The maximum absolute atomic E-state index is 13.4. The van der Waals surface area contributed by atoms with Crippen molar-refractivity contribution in [3.8, 4) is 5.75 Å². The summed E-state index contributed by atoms with van der Waals surface area (Å²) in [5.41, 5.74) is 6.02. The maximum atomic E-state index is 13.4. The number of hydrogen-bond donors (Lipinski definition) is 1. The highest BCUT2D eigenvalue weighted by Crippen LogP contribution is 2.31. The third kappa shape index (κ3) is 3.35. The molecular weight excluding hydrogens is 250 g/mol. The summed E-state index contributed by atoms with van der Waals surface area (Å²) in [6, 6.07) is 1.73. The lowest BCUT2D eigenvalue weighted by Crippen LogP contribution is -2.31. The Morgan fingerprint density at radius 3 is 2.22 bits per heavy atom. The quantitative estimate of drug-likeness (QED) is 0.849. The molecule has 0 spiro atoms. The molecule has 1 aromatic carbocycles. The second-order valence-corrected chi connectivity index (χ2v) is 4.23. The van der Waals surface area contributed by atoms with E-state index in [1.165, 1.54) is 13.0 Å². The van der Waals surface area contributed by atoms with Gasteiger partial charge in [-0.3, -0.25) is 0 Å². The number of hydrogen-bond acceptors (Lipinski definition) is 2. The second kappa shape index (κ2) is 5.14. The van der Waals surface area contributed by atoms with Gasteiger partial charge in [-0.05, 0) is 38.5 Å². The Bertz CT molecular complexity index is 429. The van der Waals surface area contributed by atoms with Gasteiger partial charge in [0.15, 0.2) is 6.10 Å². The lowest BCUT2D eigenvalue weighted by atomic mass is 10.0. The lowest BCUT2D eigenvalue weighted by Gasteiger charge is -2.21. The number of alkyl halides is 3. The molecule has 0 amide bonds. The Morgan fingerprint density at radius 2 is 1.78 bits per heavy atom. The Kier molecular flexibility index (Phi) is 4.21. The number of aryl methyl sites for hydroxylation is 1. The molecule has 1 rings (SSSR count). The van der Waals surface area contributed by atoms with Crippen LogP contribution in [0.1, 0.15) is 31.0 Å². The van der Waals surface area contributed by atoms with Crippen molar-refractivity contribution in [2.24, 2.45) is 5.73 Å². The number of nitrogens with two attached hydrogens (primary N) is 1. The molecule has 0 saturated heterocycles. The van der Waals surface area contributed by atoms with Gasteiger partial charge in [0.05, 0.1) is 0 Å². The Balaban J connectivity index is 3.11. The number of ether oxygens (including phenoxy) is 1. The van der Waals surface area contributed by atoms with Crippen LogP contribution >= 0.6 is 0 Å². The molecule has 2 atom stereocenters. The minimum absolute atomic E-state index is 0.0336. The topological polar surface area (TPSA) is 35.2 Å². The van der Waals surface area contributed by atoms with Gasteiger partial charge in [-0.15, -0.1) is 0 Å². The summed E-state index contributed by atoms with van der Waals surface area (Å²) in [7, 11) is 0. The van der Waals surface area contributed by atoms with Gasteiger partial charge in [0.25, 0.3) is 0 Å². The van der Waals surface area contributed by atoms with Crippen LogP contribution in [-0.2, 0) is 0 Å². The second-order valence-electron chi connectivity index (χ2n) is 4.23. The van der Waals surface area contributed by atoms with Gasteiger partial charge in [0, 0.05) is 11.6 Å². The van der Waals surface area contributed by atoms with E-state index >= 15 is 0 Å². The summed E-state index contributed by atoms with van der Waals surface area (Å²) in [5.74, 6) is -0.553. The van der Waals surface area contributed by atoms with E-state index in [1.54, 1.807) is 6.92 Å². The molecule has 0 aliphatic rings. The van der Waals surface area contributed by atoms with Crippen LogP contribution < -0.4 is 10.5 Å². The normalized spacial score (nSPS) is 15.3. The molecule has 0 radical (unpaired) electrons. The highest BCUT2D eigenvalue weighted by atomic mass is 19.4. The lowest BCUT2D eigenvalue weighted by molar-refractivity contribution is -0.189. The molecule has 1 aromatic rings. The molecule has 0 bridgehead atoms. The third-order valence-corrected chi connectivity index (χ3v) is 2.55. The van der Waals surface area contributed by atoms with Gasteiger partial charge in [-0.1, -0.05) is 0 Å². The van der Waals surface area contributed by atoms with Crippen LogP contribution in [-0.4, -0.2) is 12.3 Å². The van der Waals surface area contributed by atoms with E-state index in [-0.39, 0.29) is 16.9 Å². The molecule has 0 heterocycles. The minimum atomic E-state index is -4.47. The fourth-order valence-electron chi connectivity index (χ4n) is 1.39. The van der Waals surface area contributed by atoms with Gasteiger partial charge >= 0.3 is 6.18 Å². The molecule has 18 heavy (non-hydrogen) atoms. The van der Waals surface area contributed by atoms with Crippen LogP contribution in [0.15, 0.2) is 12.1 Å². The first-order valence-corrected chi connectivity index (χ1v) is 5.42. The van der Waals surface area contributed by atoms with E-state index in [0.717, 1.165) is 13.0 Å². The first-order chi connectivity index (χ1) is 8.12. The van der Waals surface area contributed by atoms with Crippen molar-refractivity contribution < 1.29 is 22.3 Å². The zero-order valence-electron chi connectivity index (χ0n) is 10.3. The highest BCUT2D eigenvalue weighted by molar-refractivity contribution is 5.40. The van der Waals surface area contributed by atoms with E-state index in [4.69, 9.17) is 10.5 Å². The van der Waals surface area contributed by atoms with E-state index in [9.17, 15) is 17.6 Å². The largest absolute Gasteiger partial charge is 0.481 e. The average molecular weight is 265 g/mol. The summed E-state index contributed by atoms with van der Waals surface area (Å²) in [6.45, 7) is 3.89. The van der Waals surface area contributed by atoms with Crippen LogP contribution in [0.4, 0.5) is 17.6 Å². The zero-order valence-corrected chi connectivity index (χ0v) is 10.3. The monoisotopic (exact) mass is 265 g/mol. The SMILES string of the molecule is Cc1cc(OC(C)C(F)(F)F)c([C@H](C)N)cc1F. The smallest absolute Gasteiger partial charge is 0.425 e. The molecule has 1 unspecified atom stereocenters. The Hall–Kier alpha value is -1.30. The molecule has 0 aliphatic heterocycles. The predicted molar refractivity (Wildman–Crippen MR) is 59.9 cm³/mol. The third-order valence-electron chi connectivity index (χ3n) is 2.55. The van der Waals surface area contributed by atoms with E-state index in [1.807, 2.05) is 0 Å². The van der Waals surface area contributed by atoms with Crippen molar-refractivity contribution in [1.29, 1.82) is 0 Å². The van der Waals surface area contributed by atoms with Crippen molar-refractivity contribution in [2.75, 3.05) is 0 Å². The standard InChI is InChI=1S/C12H15F4NO/c1-6-4-11(18-8(3)12(14,15)16)9(7(2)17)5-10(6)13/h4-5,7-8H,17H2,1-3H3/t7-,8?/m0/s1. The molecule has 6 heteroatoms. The van der Waals surface area contributed by atoms with Gasteiger partial charge < -0.3 is 10.5 Å². The van der Waals surface area contributed by atoms with Crippen molar-refractivity contribution in [1.82, 2.24) is 0 Å². The minimum Gasteiger partial charge on any atom is -0.481 e. The first kappa shape index (κ1) is 14.8. The van der Waals surface area contributed by atoms with Gasteiger partial charge in [-0.25, -0.2) is 4.39 Å². The summed E-state index contributed by atoms with van der Waals surface area (Å²) in [6.07, 6.45) is -6.45. The predicted octanol–water partition coefficient (Wildman–Crippen LogP) is 3.48. The molecule has 0 fully saturated rings. The van der Waals surface area contributed by atoms with Gasteiger partial charge in [-0.2, -0.15) is 13.2 Å². The molecule has 0 saturated carbocycles. The number of benzene rings is 1. The van der Waals surface area contributed by atoms with Gasteiger partial charge in [0.1, 0.15) is 11.6 Å². The number of rotatable bonds is 3. The molecule has 2 N–H and O–H groups in total. The highest BCUT2D eigenvalue weighted by Gasteiger charge is 2.38. The van der Waals surface area contributed by atoms with Crippen LogP contribution in [0, 0.1) is 12.7 Å². The first-order valence-electron chi connectivity index (χ1n) is 5.42. The van der Waals surface area contributed by atoms with Crippen molar-refractivity contribution in [3.63, 3.8) is 0 Å². The van der Waals surface area contributed by atoms with Crippen LogP contribution in [0.3, 0.4) is 0 Å². The van der Waals surface area contributed by atoms with Crippen molar-refractivity contribution in [2.45, 2.75) is 39.1 Å². The molecule has 102 valence electrons. The van der Waals surface area contributed by atoms with E-state index < -0.39 is 24.1 Å². The van der Waals surface area contributed by atoms with Gasteiger partial charge in [0.2, 0.25) is 0 Å². The fourth-order valence-corrected chi connectivity index (χ4v) is 1.39. The summed E-state index contributed by atoms with van der Waals surface area (Å²) < 4.78 is 55.4. The Labute approximate surface area is 103 Å². The van der Waals surface area contributed by atoms with E-state index in [0.29, 0.717) is 0 Å². The molecule has 2 nitrogen and oxygen atoms in total. The summed E-state index contributed by atoms with van der Waals surface area (Å²) in [4.78, 5) is 0. The Morgan fingerprint density at radius 1 is 1.22 bits per heavy atom. The van der Waals surface area contributed by atoms with Crippen molar-refractivity contribution in [3.05, 3.63) is 29.1 Å². The van der Waals surface area contributed by atoms with Crippen LogP contribution in [0.5, 0.6) is 5.75 Å². The average Bonchev–Trinajstić information content (AvgIpc) is 2.21. The maximum Gasteiger partial charge on any atom is 0.425 e. The number of halogens is 4. The molecular formula is C12H15F4NO. The molecule has 0 aromatic heterocycles. The van der Waals surface area contributed by atoms with Crippen LogP contribution in [0.2, 0.25) is 0 Å². The van der Waals surface area contributed by atoms with Crippen molar-refractivity contribution >= 4 is 0 Å². The zero-order chi connectivity index (χ0) is 14.1. The summed E-state index contributed by atoms with van der Waals surface area (Å²) >= 11 is 0. The molecule has 0 aliphatic carbocycles.